The van der Waals surface area contributed by atoms with Gasteiger partial charge in [0.1, 0.15) is 0 Å². The third-order valence-electron chi connectivity index (χ3n) is 3.50. The number of benzene rings is 1. The molecule has 1 saturated heterocycles. The summed E-state index contributed by atoms with van der Waals surface area (Å²) >= 11 is 0. The summed E-state index contributed by atoms with van der Waals surface area (Å²) < 4.78 is 60.1. The molecular weight excluding hydrogens is 321 g/mol. The summed E-state index contributed by atoms with van der Waals surface area (Å²) in [6, 6.07) is 3.54. The molecule has 122 valence electrons. The van der Waals surface area contributed by atoms with Crippen LogP contribution in [0.5, 0.6) is 0 Å². The molecule has 1 aliphatic heterocycles. The van der Waals surface area contributed by atoms with Crippen molar-refractivity contribution in [2.45, 2.75) is 17.8 Å². The Bertz CT molecular complexity index is 656. The highest BCUT2D eigenvalue weighted by molar-refractivity contribution is 7.91. The maximum absolute atomic E-state index is 12.4. The van der Waals surface area contributed by atoms with Crippen molar-refractivity contribution in [1.82, 2.24) is 4.90 Å². The fourth-order valence-corrected chi connectivity index (χ4v) is 3.19. The molecule has 0 aromatic heterocycles. The van der Waals surface area contributed by atoms with Gasteiger partial charge in [-0.15, -0.1) is 0 Å². The van der Waals surface area contributed by atoms with Gasteiger partial charge in [-0.3, -0.25) is 0 Å². The highest BCUT2D eigenvalue weighted by Crippen LogP contribution is 2.30. The molecule has 5 nitrogen and oxygen atoms in total. The number of hydrogen-bond acceptors (Lipinski definition) is 3. The van der Waals surface area contributed by atoms with Gasteiger partial charge in [-0.25, -0.2) is 13.2 Å². The fraction of sp³-hybridized carbons (Fsp3) is 0.462. The Morgan fingerprint density at radius 3 is 2.32 bits per heavy atom. The van der Waals surface area contributed by atoms with E-state index < -0.39 is 32.9 Å². The smallest absolute Gasteiger partial charge is 0.323 e. The lowest BCUT2D eigenvalue weighted by Gasteiger charge is -2.17. The van der Waals surface area contributed by atoms with Crippen LogP contribution in [0.3, 0.4) is 0 Å². The maximum atomic E-state index is 12.4. The average Bonchev–Trinajstić information content (AvgIpc) is 2.87. The fourth-order valence-electron chi connectivity index (χ4n) is 2.21. The zero-order chi connectivity index (χ0) is 16.5. The van der Waals surface area contributed by atoms with Crippen molar-refractivity contribution < 1.29 is 26.4 Å². The van der Waals surface area contributed by atoms with Crippen molar-refractivity contribution in [2.24, 2.45) is 0 Å². The minimum Gasteiger partial charge on any atom is -0.323 e. The van der Waals surface area contributed by atoms with Crippen LogP contribution < -0.4 is 5.32 Å². The SMILES string of the molecule is CS(=O)(=O)C1CCN(C(=O)Nc2ccc(C(F)(F)F)cc2)C1. The molecule has 1 aromatic carbocycles. The van der Waals surface area contributed by atoms with Gasteiger partial charge in [-0.05, 0) is 30.7 Å². The Kier molecular flexibility index (Phi) is 4.37. The Balaban J connectivity index is 1.98. The first-order chi connectivity index (χ1) is 10.1. The summed E-state index contributed by atoms with van der Waals surface area (Å²) in [5.41, 5.74) is -0.579. The van der Waals surface area contributed by atoms with Crippen molar-refractivity contribution >= 4 is 21.6 Å². The van der Waals surface area contributed by atoms with E-state index in [1.807, 2.05) is 0 Å². The number of nitrogens with zero attached hydrogens (tertiary/aromatic N) is 1. The van der Waals surface area contributed by atoms with E-state index in [0.717, 1.165) is 30.5 Å². The minimum absolute atomic E-state index is 0.0886. The first kappa shape index (κ1) is 16.6. The van der Waals surface area contributed by atoms with Crippen molar-refractivity contribution in [3.63, 3.8) is 0 Å². The summed E-state index contributed by atoms with van der Waals surface area (Å²) in [4.78, 5) is 13.3. The number of alkyl halides is 3. The number of carbonyl (C=O) groups is 1. The lowest BCUT2D eigenvalue weighted by atomic mass is 10.2. The topological polar surface area (TPSA) is 66.5 Å². The zero-order valence-corrected chi connectivity index (χ0v) is 12.5. The molecule has 1 aromatic rings. The van der Waals surface area contributed by atoms with Gasteiger partial charge in [-0.2, -0.15) is 13.2 Å². The Hall–Kier alpha value is -1.77. The lowest BCUT2D eigenvalue weighted by molar-refractivity contribution is -0.137. The van der Waals surface area contributed by atoms with E-state index in [9.17, 15) is 26.4 Å². The minimum atomic E-state index is -4.43. The number of rotatable bonds is 2. The Morgan fingerprint density at radius 1 is 1.27 bits per heavy atom. The number of hydrogen-bond donors (Lipinski definition) is 1. The summed E-state index contributed by atoms with van der Waals surface area (Å²) in [6.45, 7) is 0.384. The average molecular weight is 336 g/mol. The second kappa shape index (κ2) is 5.79. The van der Waals surface area contributed by atoms with Crippen LogP contribution in [0, 0.1) is 0 Å². The number of halogens is 3. The second-order valence-corrected chi connectivity index (χ2v) is 7.52. The van der Waals surface area contributed by atoms with Crippen LogP contribution in [0.4, 0.5) is 23.7 Å². The molecule has 1 atom stereocenters. The normalized spacial score (nSPS) is 19.3. The number of anilines is 1. The number of amides is 2. The van der Waals surface area contributed by atoms with Crippen LogP contribution in [0.15, 0.2) is 24.3 Å². The molecule has 1 N–H and O–H groups in total. The molecule has 2 rings (SSSR count). The van der Waals surface area contributed by atoms with Gasteiger partial charge < -0.3 is 10.2 Å². The number of urea groups is 1. The van der Waals surface area contributed by atoms with E-state index in [2.05, 4.69) is 5.32 Å². The number of carbonyl (C=O) groups excluding carboxylic acids is 1. The van der Waals surface area contributed by atoms with E-state index in [4.69, 9.17) is 0 Å². The standard InChI is InChI=1S/C13H15F3N2O3S/c1-22(20,21)11-6-7-18(8-11)12(19)17-10-4-2-9(3-5-10)13(14,15)16/h2-5,11H,6-8H2,1H3,(H,17,19). The maximum Gasteiger partial charge on any atom is 0.416 e. The summed E-state index contributed by atoms with van der Waals surface area (Å²) in [7, 11) is -3.21. The number of sulfone groups is 1. The zero-order valence-electron chi connectivity index (χ0n) is 11.7. The monoisotopic (exact) mass is 336 g/mol. The molecule has 1 heterocycles. The first-order valence-electron chi connectivity index (χ1n) is 6.49. The predicted molar refractivity (Wildman–Crippen MR) is 75.3 cm³/mol. The molecule has 1 unspecified atom stereocenters. The third kappa shape index (κ3) is 3.90. The number of nitrogens with one attached hydrogen (secondary N) is 1. The van der Waals surface area contributed by atoms with E-state index >= 15 is 0 Å². The van der Waals surface area contributed by atoms with Gasteiger partial charge in [0.2, 0.25) is 0 Å². The molecule has 2 amide bonds. The van der Waals surface area contributed by atoms with E-state index in [-0.39, 0.29) is 12.2 Å². The molecule has 0 aliphatic carbocycles. The summed E-state index contributed by atoms with van der Waals surface area (Å²) in [6.07, 6.45) is -2.95. The van der Waals surface area contributed by atoms with Crippen molar-refractivity contribution in [1.29, 1.82) is 0 Å². The van der Waals surface area contributed by atoms with Gasteiger partial charge >= 0.3 is 12.2 Å². The van der Waals surface area contributed by atoms with Crippen molar-refractivity contribution in [3.05, 3.63) is 29.8 Å². The van der Waals surface area contributed by atoms with E-state index in [1.54, 1.807) is 0 Å². The molecule has 0 saturated carbocycles. The van der Waals surface area contributed by atoms with Gasteiger partial charge in [0.25, 0.3) is 0 Å². The van der Waals surface area contributed by atoms with Crippen LogP contribution in [0.2, 0.25) is 0 Å². The first-order valence-corrected chi connectivity index (χ1v) is 8.45. The Labute approximate surface area is 126 Å². The van der Waals surface area contributed by atoms with Crippen LogP contribution in [0.1, 0.15) is 12.0 Å². The molecule has 0 radical (unpaired) electrons. The largest absolute Gasteiger partial charge is 0.416 e. The van der Waals surface area contributed by atoms with Gasteiger partial charge in [0.05, 0.1) is 10.8 Å². The quantitative estimate of drug-likeness (QED) is 0.901. The van der Waals surface area contributed by atoms with Crippen molar-refractivity contribution in [2.75, 3.05) is 24.7 Å². The summed E-state index contributed by atoms with van der Waals surface area (Å²) in [5, 5.41) is 1.87. The van der Waals surface area contributed by atoms with E-state index in [0.29, 0.717) is 13.0 Å². The van der Waals surface area contributed by atoms with Crippen molar-refractivity contribution in [3.8, 4) is 0 Å². The highest BCUT2D eigenvalue weighted by atomic mass is 32.2. The van der Waals surface area contributed by atoms with Crippen LogP contribution >= 0.6 is 0 Å². The Morgan fingerprint density at radius 2 is 1.86 bits per heavy atom. The molecular formula is C13H15F3N2O3S. The molecule has 1 fully saturated rings. The predicted octanol–water partition coefficient (Wildman–Crippen LogP) is 2.36. The van der Waals surface area contributed by atoms with Crippen LogP contribution in [-0.2, 0) is 16.0 Å². The van der Waals surface area contributed by atoms with E-state index in [1.165, 1.54) is 4.90 Å². The molecule has 22 heavy (non-hydrogen) atoms. The molecule has 1 aliphatic rings. The highest BCUT2D eigenvalue weighted by Gasteiger charge is 2.33. The van der Waals surface area contributed by atoms with Crippen LogP contribution in [0.25, 0.3) is 0 Å². The van der Waals surface area contributed by atoms with Gasteiger partial charge in [0, 0.05) is 25.0 Å². The molecule has 9 heteroatoms. The summed E-state index contributed by atoms with van der Waals surface area (Å²) in [5.74, 6) is 0. The van der Waals surface area contributed by atoms with Crippen LogP contribution in [-0.4, -0.2) is 43.9 Å². The van der Waals surface area contributed by atoms with Gasteiger partial charge in [-0.1, -0.05) is 0 Å². The molecule has 0 bridgehead atoms. The number of likely N-dealkylation sites (tertiary alicyclic amines) is 1. The van der Waals surface area contributed by atoms with Gasteiger partial charge in [0.15, 0.2) is 9.84 Å². The lowest BCUT2D eigenvalue weighted by Crippen LogP contribution is -2.34. The second-order valence-electron chi connectivity index (χ2n) is 5.19. The third-order valence-corrected chi connectivity index (χ3v) is 5.10. The molecule has 0 spiro atoms.